The average molecular weight is 342 g/mol. The van der Waals surface area contributed by atoms with Crippen LogP contribution < -0.4 is 5.73 Å². The maximum atomic E-state index is 6.49. The van der Waals surface area contributed by atoms with E-state index in [0.29, 0.717) is 0 Å². The van der Waals surface area contributed by atoms with Gasteiger partial charge in [-0.3, -0.25) is 0 Å². The fourth-order valence-corrected chi connectivity index (χ4v) is 2.84. The highest BCUT2D eigenvalue weighted by atomic mass is 79.9. The van der Waals surface area contributed by atoms with Gasteiger partial charge in [-0.25, -0.2) is 4.68 Å². The van der Waals surface area contributed by atoms with Crippen molar-refractivity contribution >= 4 is 15.9 Å². The molecule has 0 saturated heterocycles. The quantitative estimate of drug-likeness (QED) is 0.782. The van der Waals surface area contributed by atoms with Crippen LogP contribution in [0, 0.1) is 6.92 Å². The number of halogens is 1. The van der Waals surface area contributed by atoms with Gasteiger partial charge in [0.2, 0.25) is 0 Å². The molecule has 0 aliphatic carbocycles. The largest absolute Gasteiger partial charge is 0.319 e. The van der Waals surface area contributed by atoms with Crippen LogP contribution in [-0.2, 0) is 0 Å². The molecule has 3 nitrogen and oxygen atoms in total. The number of nitrogens with two attached hydrogens (primary N) is 1. The van der Waals surface area contributed by atoms with Crippen LogP contribution in [-0.4, -0.2) is 9.78 Å². The van der Waals surface area contributed by atoms with Crippen molar-refractivity contribution in [2.45, 2.75) is 13.0 Å². The van der Waals surface area contributed by atoms with Crippen LogP contribution in [0.2, 0.25) is 0 Å². The van der Waals surface area contributed by atoms with Gasteiger partial charge in [-0.15, -0.1) is 0 Å². The van der Waals surface area contributed by atoms with E-state index in [1.807, 2.05) is 53.2 Å². The molecule has 1 atom stereocenters. The summed E-state index contributed by atoms with van der Waals surface area (Å²) in [4.78, 5) is 0. The molecule has 0 amide bonds. The Morgan fingerprint density at radius 3 is 2.57 bits per heavy atom. The van der Waals surface area contributed by atoms with E-state index in [1.54, 1.807) is 6.20 Å². The van der Waals surface area contributed by atoms with Crippen LogP contribution in [0.15, 0.2) is 65.3 Å². The van der Waals surface area contributed by atoms with E-state index in [0.717, 1.165) is 27.0 Å². The molecule has 0 saturated carbocycles. The molecule has 0 bridgehead atoms. The molecule has 3 rings (SSSR count). The topological polar surface area (TPSA) is 43.8 Å². The summed E-state index contributed by atoms with van der Waals surface area (Å²) in [5.74, 6) is 0. The summed E-state index contributed by atoms with van der Waals surface area (Å²) in [5, 5.41) is 4.41. The number of benzene rings is 2. The molecule has 3 aromatic rings. The summed E-state index contributed by atoms with van der Waals surface area (Å²) in [5.41, 5.74) is 10.7. The molecular formula is C17H16BrN3. The third-order valence-electron chi connectivity index (χ3n) is 3.64. The summed E-state index contributed by atoms with van der Waals surface area (Å²) in [6.07, 6.45) is 1.79. The van der Waals surface area contributed by atoms with Crippen molar-refractivity contribution in [3.8, 4) is 5.69 Å². The molecule has 0 aliphatic rings. The third kappa shape index (κ3) is 2.64. The maximum Gasteiger partial charge on any atom is 0.0730 e. The van der Waals surface area contributed by atoms with Gasteiger partial charge >= 0.3 is 0 Å². The van der Waals surface area contributed by atoms with Gasteiger partial charge < -0.3 is 5.73 Å². The van der Waals surface area contributed by atoms with E-state index in [4.69, 9.17) is 5.73 Å². The zero-order valence-corrected chi connectivity index (χ0v) is 13.3. The Balaban J connectivity index is 2.06. The van der Waals surface area contributed by atoms with E-state index in [-0.39, 0.29) is 6.04 Å². The van der Waals surface area contributed by atoms with Crippen molar-refractivity contribution in [1.29, 1.82) is 0 Å². The first-order valence-corrected chi connectivity index (χ1v) is 7.57. The standard InChI is InChI=1S/C17H16BrN3/c1-12-14(8-5-9-15(12)18)17(19)16-10-11-20-21(16)13-6-3-2-4-7-13/h2-11,17H,19H2,1H3. The molecular weight excluding hydrogens is 326 g/mol. The van der Waals surface area contributed by atoms with Crippen molar-refractivity contribution in [3.05, 3.63) is 82.1 Å². The molecule has 21 heavy (non-hydrogen) atoms. The summed E-state index contributed by atoms with van der Waals surface area (Å²) < 4.78 is 2.96. The summed E-state index contributed by atoms with van der Waals surface area (Å²) in [6, 6.07) is 17.9. The van der Waals surface area contributed by atoms with Crippen molar-refractivity contribution in [3.63, 3.8) is 0 Å². The van der Waals surface area contributed by atoms with E-state index >= 15 is 0 Å². The summed E-state index contributed by atoms with van der Waals surface area (Å²) in [6.45, 7) is 2.07. The monoisotopic (exact) mass is 341 g/mol. The van der Waals surface area contributed by atoms with Gasteiger partial charge in [0.15, 0.2) is 0 Å². The van der Waals surface area contributed by atoms with Gasteiger partial charge in [-0.05, 0) is 42.3 Å². The Morgan fingerprint density at radius 2 is 1.81 bits per heavy atom. The maximum absolute atomic E-state index is 6.49. The number of aromatic nitrogens is 2. The Bertz CT molecular complexity index is 750. The van der Waals surface area contributed by atoms with Crippen LogP contribution in [0.25, 0.3) is 5.69 Å². The van der Waals surface area contributed by atoms with Crippen LogP contribution in [0.3, 0.4) is 0 Å². The van der Waals surface area contributed by atoms with Crippen LogP contribution >= 0.6 is 15.9 Å². The molecule has 1 unspecified atom stereocenters. The molecule has 0 spiro atoms. The lowest BCUT2D eigenvalue weighted by Gasteiger charge is -2.17. The highest BCUT2D eigenvalue weighted by molar-refractivity contribution is 9.10. The summed E-state index contributed by atoms with van der Waals surface area (Å²) >= 11 is 3.56. The second kappa shape index (κ2) is 5.84. The first kappa shape index (κ1) is 14.0. The van der Waals surface area contributed by atoms with Crippen LogP contribution in [0.5, 0.6) is 0 Å². The lowest BCUT2D eigenvalue weighted by molar-refractivity contribution is 0.735. The number of hydrogen-bond acceptors (Lipinski definition) is 2. The van der Waals surface area contributed by atoms with Crippen molar-refractivity contribution < 1.29 is 0 Å². The number of para-hydroxylation sites is 1. The minimum absolute atomic E-state index is 0.217. The SMILES string of the molecule is Cc1c(Br)cccc1C(N)c1ccnn1-c1ccccc1. The molecule has 2 aromatic carbocycles. The fourth-order valence-electron chi connectivity index (χ4n) is 2.45. The Labute approximate surface area is 132 Å². The van der Waals surface area contributed by atoms with E-state index in [2.05, 4.69) is 34.0 Å². The number of nitrogens with zero attached hydrogens (tertiary/aromatic N) is 2. The molecule has 2 N–H and O–H groups in total. The molecule has 4 heteroatoms. The van der Waals surface area contributed by atoms with E-state index < -0.39 is 0 Å². The van der Waals surface area contributed by atoms with Gasteiger partial charge in [0.1, 0.15) is 0 Å². The molecule has 0 fully saturated rings. The Morgan fingerprint density at radius 1 is 1.05 bits per heavy atom. The predicted molar refractivity (Wildman–Crippen MR) is 88.5 cm³/mol. The first-order valence-electron chi connectivity index (χ1n) is 6.78. The first-order chi connectivity index (χ1) is 10.2. The lowest BCUT2D eigenvalue weighted by atomic mass is 9.99. The lowest BCUT2D eigenvalue weighted by Crippen LogP contribution is -2.17. The van der Waals surface area contributed by atoms with Gasteiger partial charge in [-0.1, -0.05) is 46.3 Å². The molecule has 1 heterocycles. The highest BCUT2D eigenvalue weighted by Gasteiger charge is 2.17. The molecule has 106 valence electrons. The summed E-state index contributed by atoms with van der Waals surface area (Å²) in [7, 11) is 0. The van der Waals surface area contributed by atoms with Gasteiger partial charge in [-0.2, -0.15) is 5.10 Å². The second-order valence-electron chi connectivity index (χ2n) is 4.94. The fraction of sp³-hybridized carbons (Fsp3) is 0.118. The van der Waals surface area contributed by atoms with Crippen molar-refractivity contribution in [1.82, 2.24) is 9.78 Å². The van der Waals surface area contributed by atoms with Crippen molar-refractivity contribution in [2.75, 3.05) is 0 Å². The normalized spacial score (nSPS) is 12.3. The zero-order valence-electron chi connectivity index (χ0n) is 11.7. The molecule has 0 radical (unpaired) electrons. The number of hydrogen-bond donors (Lipinski definition) is 1. The Hall–Kier alpha value is -1.91. The van der Waals surface area contributed by atoms with E-state index in [1.165, 1.54) is 0 Å². The Kier molecular flexibility index (Phi) is 3.90. The third-order valence-corrected chi connectivity index (χ3v) is 4.50. The second-order valence-corrected chi connectivity index (χ2v) is 5.79. The minimum Gasteiger partial charge on any atom is -0.319 e. The van der Waals surface area contributed by atoms with E-state index in [9.17, 15) is 0 Å². The van der Waals surface area contributed by atoms with Gasteiger partial charge in [0.05, 0.1) is 17.4 Å². The van der Waals surface area contributed by atoms with Crippen LogP contribution in [0.1, 0.15) is 22.9 Å². The van der Waals surface area contributed by atoms with Crippen molar-refractivity contribution in [2.24, 2.45) is 5.73 Å². The van der Waals surface area contributed by atoms with Gasteiger partial charge in [0, 0.05) is 10.7 Å². The van der Waals surface area contributed by atoms with Gasteiger partial charge in [0.25, 0.3) is 0 Å². The smallest absolute Gasteiger partial charge is 0.0730 e. The predicted octanol–water partition coefficient (Wildman–Crippen LogP) is 3.99. The molecule has 0 aliphatic heterocycles. The highest BCUT2D eigenvalue weighted by Crippen LogP contribution is 2.28. The zero-order chi connectivity index (χ0) is 14.8. The molecule has 1 aromatic heterocycles. The minimum atomic E-state index is -0.217. The van der Waals surface area contributed by atoms with Crippen LogP contribution in [0.4, 0.5) is 0 Å². The average Bonchev–Trinajstić information content (AvgIpc) is 3.00. The number of rotatable bonds is 3.